The zero-order valence-electron chi connectivity index (χ0n) is 5.81. The Morgan fingerprint density at radius 3 is 2.78 bits per heavy atom. The van der Waals surface area contributed by atoms with E-state index in [2.05, 4.69) is 12.2 Å². The van der Waals surface area contributed by atoms with E-state index in [9.17, 15) is 0 Å². The molecule has 1 saturated carbocycles. The molecule has 0 radical (unpaired) electrons. The van der Waals surface area contributed by atoms with Crippen LogP contribution < -0.4 is 5.32 Å². The molecule has 2 aliphatic rings. The lowest BCUT2D eigenvalue weighted by molar-refractivity contribution is 0.0419. The highest BCUT2D eigenvalue weighted by molar-refractivity contribution is 5.04. The van der Waals surface area contributed by atoms with Gasteiger partial charge in [-0.15, -0.1) is 0 Å². The summed E-state index contributed by atoms with van der Waals surface area (Å²) >= 11 is 0. The molecular weight excluding hydrogens is 114 g/mol. The highest BCUT2D eigenvalue weighted by atomic mass is 16.5. The fourth-order valence-electron chi connectivity index (χ4n) is 1.48. The molecular formula is C7H13NO. The van der Waals surface area contributed by atoms with E-state index in [4.69, 9.17) is 4.74 Å². The predicted octanol–water partition coefficient (Wildman–Crippen LogP) is 0.527. The predicted molar refractivity (Wildman–Crippen MR) is 35.4 cm³/mol. The Labute approximate surface area is 55.6 Å². The Kier molecular flexibility index (Phi) is 1.08. The molecule has 0 unspecified atom stereocenters. The van der Waals surface area contributed by atoms with Crippen molar-refractivity contribution < 1.29 is 4.74 Å². The molecule has 1 aliphatic heterocycles. The van der Waals surface area contributed by atoms with Gasteiger partial charge in [-0.2, -0.15) is 0 Å². The van der Waals surface area contributed by atoms with Crippen LogP contribution in [0.15, 0.2) is 0 Å². The molecule has 0 aromatic heterocycles. The molecule has 0 aromatic carbocycles. The van der Waals surface area contributed by atoms with Gasteiger partial charge in [-0.1, -0.05) is 0 Å². The Balaban J connectivity index is 1.96. The Hall–Kier alpha value is -0.0800. The van der Waals surface area contributed by atoms with Crippen LogP contribution in [0.1, 0.15) is 19.8 Å². The van der Waals surface area contributed by atoms with E-state index in [1.807, 2.05) is 0 Å². The largest absolute Gasteiger partial charge is 0.378 e. The first-order valence-corrected chi connectivity index (χ1v) is 3.66. The number of hydrogen-bond donors (Lipinski definition) is 1. The quantitative estimate of drug-likeness (QED) is 0.512. The highest BCUT2D eigenvalue weighted by Gasteiger charge is 2.45. The molecule has 9 heavy (non-hydrogen) atoms. The molecule has 1 aliphatic carbocycles. The second-order valence-electron chi connectivity index (χ2n) is 3.34. The van der Waals surface area contributed by atoms with Gasteiger partial charge in [0.1, 0.15) is 0 Å². The van der Waals surface area contributed by atoms with Crippen LogP contribution in [-0.4, -0.2) is 24.8 Å². The minimum absolute atomic E-state index is 0.428. The zero-order valence-corrected chi connectivity index (χ0v) is 5.81. The maximum atomic E-state index is 5.40. The SMILES string of the molecule is C[C@H]1COCC2(CC2)N1. The Bertz CT molecular complexity index is 120. The summed E-state index contributed by atoms with van der Waals surface area (Å²) in [7, 11) is 0. The van der Waals surface area contributed by atoms with E-state index in [1.54, 1.807) is 0 Å². The van der Waals surface area contributed by atoms with Crippen LogP contribution >= 0.6 is 0 Å². The molecule has 1 N–H and O–H groups in total. The van der Waals surface area contributed by atoms with Crippen molar-refractivity contribution in [2.24, 2.45) is 0 Å². The summed E-state index contributed by atoms with van der Waals surface area (Å²) in [6.45, 7) is 4.01. The third-order valence-corrected chi connectivity index (χ3v) is 2.15. The molecule has 2 rings (SSSR count). The van der Waals surface area contributed by atoms with Crippen molar-refractivity contribution in [3.05, 3.63) is 0 Å². The summed E-state index contributed by atoms with van der Waals surface area (Å²) in [6, 6.07) is 0.571. The molecule has 52 valence electrons. The topological polar surface area (TPSA) is 21.3 Å². The van der Waals surface area contributed by atoms with Crippen LogP contribution in [0.25, 0.3) is 0 Å². The van der Waals surface area contributed by atoms with Crippen molar-refractivity contribution in [3.63, 3.8) is 0 Å². The second kappa shape index (κ2) is 1.70. The van der Waals surface area contributed by atoms with Gasteiger partial charge in [0.2, 0.25) is 0 Å². The molecule has 0 aromatic rings. The fourth-order valence-corrected chi connectivity index (χ4v) is 1.48. The van der Waals surface area contributed by atoms with Gasteiger partial charge in [0.05, 0.1) is 13.2 Å². The third-order valence-electron chi connectivity index (χ3n) is 2.15. The molecule has 0 bridgehead atoms. The summed E-state index contributed by atoms with van der Waals surface area (Å²) < 4.78 is 5.40. The lowest BCUT2D eigenvalue weighted by Crippen LogP contribution is -2.49. The third kappa shape index (κ3) is 0.970. The van der Waals surface area contributed by atoms with E-state index in [0.717, 1.165) is 13.2 Å². The summed E-state index contributed by atoms with van der Waals surface area (Å²) in [5.74, 6) is 0. The van der Waals surface area contributed by atoms with Gasteiger partial charge in [-0.3, -0.25) is 0 Å². The van der Waals surface area contributed by atoms with E-state index < -0.39 is 0 Å². The van der Waals surface area contributed by atoms with Gasteiger partial charge < -0.3 is 10.1 Å². The normalized spacial score (nSPS) is 39.0. The number of nitrogens with one attached hydrogen (secondary N) is 1. The van der Waals surface area contributed by atoms with Gasteiger partial charge in [0.15, 0.2) is 0 Å². The van der Waals surface area contributed by atoms with E-state index in [1.165, 1.54) is 12.8 Å². The van der Waals surface area contributed by atoms with Crippen LogP contribution in [-0.2, 0) is 4.74 Å². The number of morpholine rings is 1. The molecule has 0 amide bonds. The summed E-state index contributed by atoms with van der Waals surface area (Å²) in [6.07, 6.45) is 2.63. The van der Waals surface area contributed by atoms with Crippen molar-refractivity contribution in [1.82, 2.24) is 5.32 Å². The molecule has 1 spiro atoms. The maximum Gasteiger partial charge on any atom is 0.0649 e. The first-order valence-electron chi connectivity index (χ1n) is 3.66. The maximum absolute atomic E-state index is 5.40. The summed E-state index contributed by atoms with van der Waals surface area (Å²) in [5, 5.41) is 3.54. The van der Waals surface area contributed by atoms with Crippen LogP contribution in [0.4, 0.5) is 0 Å². The van der Waals surface area contributed by atoms with Crippen LogP contribution in [0.2, 0.25) is 0 Å². The van der Waals surface area contributed by atoms with Crippen molar-refractivity contribution in [2.45, 2.75) is 31.3 Å². The van der Waals surface area contributed by atoms with Gasteiger partial charge in [-0.05, 0) is 19.8 Å². The van der Waals surface area contributed by atoms with Gasteiger partial charge >= 0.3 is 0 Å². The monoisotopic (exact) mass is 127 g/mol. The van der Waals surface area contributed by atoms with E-state index in [0.29, 0.717) is 11.6 Å². The van der Waals surface area contributed by atoms with Gasteiger partial charge in [0, 0.05) is 11.6 Å². The number of rotatable bonds is 0. The standard InChI is InChI=1S/C7H13NO/c1-6-4-9-5-7(8-6)2-3-7/h6,8H,2-5H2,1H3/t6-/m0/s1. The summed E-state index contributed by atoms with van der Waals surface area (Å²) in [5.41, 5.74) is 0.428. The molecule has 2 heteroatoms. The zero-order chi connectivity index (χ0) is 6.32. The smallest absolute Gasteiger partial charge is 0.0649 e. The average Bonchev–Trinajstić information content (AvgIpc) is 2.49. The van der Waals surface area contributed by atoms with Crippen LogP contribution in [0.5, 0.6) is 0 Å². The van der Waals surface area contributed by atoms with Crippen molar-refractivity contribution >= 4 is 0 Å². The first-order chi connectivity index (χ1) is 4.31. The van der Waals surface area contributed by atoms with E-state index >= 15 is 0 Å². The molecule has 1 heterocycles. The number of hydrogen-bond acceptors (Lipinski definition) is 2. The van der Waals surface area contributed by atoms with E-state index in [-0.39, 0.29) is 0 Å². The molecule has 1 saturated heterocycles. The van der Waals surface area contributed by atoms with Crippen molar-refractivity contribution in [1.29, 1.82) is 0 Å². The summed E-state index contributed by atoms with van der Waals surface area (Å²) in [4.78, 5) is 0. The van der Waals surface area contributed by atoms with Crippen LogP contribution in [0.3, 0.4) is 0 Å². The first kappa shape index (κ1) is 5.69. The Morgan fingerprint density at radius 2 is 2.33 bits per heavy atom. The molecule has 2 fully saturated rings. The average molecular weight is 127 g/mol. The van der Waals surface area contributed by atoms with Gasteiger partial charge in [-0.25, -0.2) is 0 Å². The number of ether oxygens (including phenoxy) is 1. The minimum Gasteiger partial charge on any atom is -0.378 e. The molecule has 1 atom stereocenters. The van der Waals surface area contributed by atoms with Crippen molar-refractivity contribution in [2.75, 3.05) is 13.2 Å². The fraction of sp³-hybridized carbons (Fsp3) is 1.00. The van der Waals surface area contributed by atoms with Gasteiger partial charge in [0.25, 0.3) is 0 Å². The lowest BCUT2D eigenvalue weighted by atomic mass is 10.2. The second-order valence-corrected chi connectivity index (χ2v) is 3.34. The Morgan fingerprint density at radius 1 is 1.56 bits per heavy atom. The van der Waals surface area contributed by atoms with Crippen LogP contribution in [0, 0.1) is 0 Å². The van der Waals surface area contributed by atoms with Crippen molar-refractivity contribution in [3.8, 4) is 0 Å². The molecule has 2 nitrogen and oxygen atoms in total. The highest BCUT2D eigenvalue weighted by Crippen LogP contribution is 2.37. The lowest BCUT2D eigenvalue weighted by Gasteiger charge is -2.28. The minimum atomic E-state index is 0.428.